The number of nitrogens with two attached hydrogens (primary N) is 2. The fourth-order valence-electron chi connectivity index (χ4n) is 11.5. The van der Waals surface area contributed by atoms with Crippen LogP contribution in [-0.4, -0.2) is 170 Å². The van der Waals surface area contributed by atoms with Crippen molar-refractivity contribution in [3.8, 4) is 23.1 Å². The number of amidine groups is 2. The largest absolute Gasteiger partial charge is 0.476 e. The number of aromatic nitrogens is 4. The van der Waals surface area contributed by atoms with Gasteiger partial charge in [-0.05, 0) is 145 Å². The Morgan fingerprint density at radius 3 is 1.20 bits per heavy atom. The van der Waals surface area contributed by atoms with Crippen molar-refractivity contribution in [3.63, 3.8) is 0 Å². The molecule has 3 saturated heterocycles. The molecule has 602 valence electrons. The van der Waals surface area contributed by atoms with Gasteiger partial charge in [-0.25, -0.2) is 46.8 Å². The first-order valence-corrected chi connectivity index (χ1v) is 40.1. The highest BCUT2D eigenvalue weighted by Gasteiger charge is 2.53. The standard InChI is InChI=1S/C26H35FN5O7P.2C23H32FN4O6P/c1-7-35-23-21-22(29-18(5)30-23)32(15-28-21)25-26(6,27)13-20(38-25)14-36-40(34,39-19-11-9-8-10-12-19)31-17(4)24(33)37-16(2)3;2*1-15(2)32-21(29)16(3)27-35(30,34-18-9-7-6-8-10-18)31-14-19-13-23(5,24)22(33-19)28-12-11-20(25)26-17(28)4/h8-12,15-17,20,25H,7,13-14H2,1-6H3,(H,31,34);2*6-12,15-16,19,22H,4,13-14H2,1-3,5H3,(H2,25,26)(H,27,30)/t17-,20+,25-,26-,40-;16-,19+,22-,23-,35+;16-,19+,22-,23-,35-/m111/s1. The lowest BCUT2D eigenvalue weighted by Gasteiger charge is -2.33. The maximum atomic E-state index is 15.9. The van der Waals surface area contributed by atoms with E-state index in [4.69, 9.17) is 71.8 Å². The van der Waals surface area contributed by atoms with Gasteiger partial charge >= 0.3 is 41.1 Å². The van der Waals surface area contributed by atoms with Crippen molar-refractivity contribution in [1.29, 1.82) is 0 Å². The molecule has 2 aromatic heterocycles. The monoisotopic (exact) mass is 1600 g/mol. The fraction of sp³-hybridized carbons (Fsp3) is 0.500. The summed E-state index contributed by atoms with van der Waals surface area (Å²) in [5.74, 6) is 0.623. The Hall–Kier alpha value is -8.56. The summed E-state index contributed by atoms with van der Waals surface area (Å²) in [5, 5.41) is 7.82. The molecule has 10 rings (SSSR count). The Kier molecular flexibility index (Phi) is 29.8. The molecule has 3 fully saturated rings. The van der Waals surface area contributed by atoms with Crippen LogP contribution in [0.1, 0.15) is 121 Å². The van der Waals surface area contributed by atoms with Crippen LogP contribution < -0.4 is 45.0 Å². The first kappa shape index (κ1) is 87.0. The van der Waals surface area contributed by atoms with Gasteiger partial charge in [-0.15, -0.1) is 0 Å². The van der Waals surface area contributed by atoms with Crippen LogP contribution in [0.2, 0.25) is 0 Å². The Morgan fingerprint density at radius 1 is 0.555 bits per heavy atom. The van der Waals surface area contributed by atoms with Crippen LogP contribution in [0.25, 0.3) is 11.2 Å². The predicted octanol–water partition coefficient (Wildman–Crippen LogP) is 11.9. The molecule has 38 heteroatoms. The molecule has 7 N–H and O–H groups in total. The van der Waals surface area contributed by atoms with Gasteiger partial charge < -0.3 is 68.0 Å². The van der Waals surface area contributed by atoms with Crippen molar-refractivity contribution in [1.82, 2.24) is 44.6 Å². The molecule has 0 radical (unpaired) electrons. The van der Waals surface area contributed by atoms with Crippen LogP contribution in [0.15, 0.2) is 157 Å². The first-order valence-electron chi connectivity index (χ1n) is 35.5. The molecule has 5 aliphatic rings. The van der Waals surface area contributed by atoms with E-state index in [1.54, 1.807) is 152 Å². The number of esters is 3. The topological polar surface area (TPSA) is 385 Å². The Morgan fingerprint density at radius 2 is 0.882 bits per heavy atom. The zero-order valence-corrected chi connectivity index (χ0v) is 66.5. The van der Waals surface area contributed by atoms with Crippen LogP contribution in [0.3, 0.4) is 0 Å². The number of nitrogens with zero attached hydrogens (tertiary/aromatic N) is 8. The minimum absolute atomic E-state index is 0.0508. The van der Waals surface area contributed by atoms with Gasteiger partial charge in [0.05, 0.1) is 69.4 Å². The molecule has 3 aromatic carbocycles. The first-order chi connectivity index (χ1) is 51.7. The molecule has 0 amide bonds. The average molecular weight is 1600 g/mol. The molecule has 0 spiro atoms. The van der Waals surface area contributed by atoms with Gasteiger partial charge in [0, 0.05) is 31.7 Å². The van der Waals surface area contributed by atoms with Crippen LogP contribution in [0, 0.1) is 6.92 Å². The summed E-state index contributed by atoms with van der Waals surface area (Å²) in [4.78, 5) is 60.9. The summed E-state index contributed by atoms with van der Waals surface area (Å²) < 4.78 is 162. The Bertz CT molecular complexity index is 4110. The number of nitrogens with one attached hydrogen (secondary N) is 3. The minimum Gasteiger partial charge on any atom is -0.476 e. The number of aryl methyl sites for hydroxylation is 1. The Balaban J connectivity index is 0.000000208. The fourth-order valence-corrected chi connectivity index (χ4v) is 16.0. The molecule has 0 saturated carbocycles. The van der Waals surface area contributed by atoms with E-state index in [1.807, 2.05) is 6.92 Å². The maximum absolute atomic E-state index is 15.9. The van der Waals surface area contributed by atoms with Gasteiger partial charge in [0.25, 0.3) is 0 Å². The van der Waals surface area contributed by atoms with E-state index >= 15 is 13.2 Å². The molecule has 7 heterocycles. The molecule has 32 nitrogen and oxygen atoms in total. The van der Waals surface area contributed by atoms with Crippen LogP contribution in [0.4, 0.5) is 13.2 Å². The highest BCUT2D eigenvalue weighted by molar-refractivity contribution is 7.52. The lowest BCUT2D eigenvalue weighted by Crippen LogP contribution is -2.43. The van der Waals surface area contributed by atoms with Gasteiger partial charge in [-0.1, -0.05) is 67.8 Å². The van der Waals surface area contributed by atoms with Gasteiger partial charge in [-0.3, -0.25) is 32.5 Å². The van der Waals surface area contributed by atoms with E-state index in [9.17, 15) is 28.1 Å². The van der Waals surface area contributed by atoms with E-state index in [2.05, 4.69) is 53.4 Å². The van der Waals surface area contributed by atoms with Gasteiger partial charge in [0.1, 0.15) is 64.5 Å². The number of ether oxygens (including phenoxy) is 7. The maximum Gasteiger partial charge on any atom is 0.459 e. The summed E-state index contributed by atoms with van der Waals surface area (Å²) in [6.07, 6.45) is 0.767. The van der Waals surface area contributed by atoms with Crippen molar-refractivity contribution >= 4 is 64.0 Å². The number of fused-ring (bicyclic) bond motifs is 1. The second kappa shape index (κ2) is 37.6. The molecular formula is C72H99F3N13O19P3. The number of alkyl halides is 3. The lowest BCUT2D eigenvalue weighted by atomic mass is 10.0. The SMILES string of the molecule is C=C1N=C(N)C=CN1[C@@H]1O[C@H](CO[P@@](=O)(N[C@H](C)C(=O)OC(C)C)Oc2ccccc2)C[C@@]1(C)F.C=C1N=C(N)C=CN1[C@@H]1O[C@H](CO[P@](=O)(N[C@H](C)C(=O)OC(C)C)Oc2ccccc2)C[C@@]1(C)F.CCOc1nc(C)nc2c1ncn2[C@@H]1O[C@H](CO[P@](=O)(N[C@H](C)C(=O)OC(C)C)Oc2ccccc2)C[C@@]1(C)F. The normalized spacial score (nSPS) is 25.5. The molecule has 0 unspecified atom stereocenters. The zero-order chi connectivity index (χ0) is 80.7. The molecule has 110 heavy (non-hydrogen) atoms. The smallest absolute Gasteiger partial charge is 0.459 e. The predicted molar refractivity (Wildman–Crippen MR) is 402 cm³/mol. The number of carbonyl (C=O) groups excluding carboxylic acids is 3. The quantitative estimate of drug-likeness (QED) is 0.0152. The van der Waals surface area contributed by atoms with Crippen molar-refractivity contribution < 1.29 is 102 Å². The number of carbonyl (C=O) groups is 3. The number of para-hydroxylation sites is 3. The molecule has 0 aliphatic carbocycles. The van der Waals surface area contributed by atoms with Crippen LogP contribution in [-0.2, 0) is 70.1 Å². The molecular weight excluding hydrogens is 1500 g/mol. The molecule has 5 aromatic rings. The van der Waals surface area contributed by atoms with Gasteiger partial charge in [0.15, 0.2) is 46.9 Å². The highest BCUT2D eigenvalue weighted by Crippen LogP contribution is 2.51. The minimum atomic E-state index is -4.14. The number of hydrogen-bond acceptors (Lipinski definition) is 28. The average Bonchev–Trinajstić information content (AvgIpc) is 1.61. The van der Waals surface area contributed by atoms with Gasteiger partial charge in [-0.2, -0.15) is 20.2 Å². The second-order valence-corrected chi connectivity index (χ2v) is 32.6. The van der Waals surface area contributed by atoms with Crippen LogP contribution >= 0.6 is 23.2 Å². The third-order valence-electron chi connectivity index (χ3n) is 16.2. The van der Waals surface area contributed by atoms with E-state index in [0.717, 1.165) is 0 Å². The lowest BCUT2D eigenvalue weighted by molar-refractivity contribution is -0.150. The van der Waals surface area contributed by atoms with E-state index in [1.165, 1.54) is 74.4 Å². The molecule has 5 aliphatic heterocycles. The highest BCUT2D eigenvalue weighted by atomic mass is 31.2. The summed E-state index contributed by atoms with van der Waals surface area (Å²) in [5.41, 5.74) is 6.64. The van der Waals surface area contributed by atoms with E-state index in [-0.39, 0.29) is 98.0 Å². The number of imidazole rings is 1. The summed E-state index contributed by atoms with van der Waals surface area (Å²) in [6.45, 7) is 29.5. The number of benzene rings is 3. The van der Waals surface area contributed by atoms with Crippen molar-refractivity contribution in [2.45, 2.75) is 207 Å². The number of rotatable bonds is 32. The second-order valence-electron chi connectivity index (χ2n) is 27.6. The van der Waals surface area contributed by atoms with Crippen molar-refractivity contribution in [2.75, 3.05) is 26.4 Å². The Labute approximate surface area is 637 Å². The van der Waals surface area contributed by atoms with Crippen molar-refractivity contribution in [3.05, 3.63) is 152 Å². The molecule has 0 bridgehead atoms. The summed E-state index contributed by atoms with van der Waals surface area (Å²) in [7, 11) is -12.3. The van der Waals surface area contributed by atoms with Gasteiger partial charge in [0.2, 0.25) is 5.88 Å². The number of aliphatic imine (C=N–C) groups is 2. The third-order valence-corrected chi connectivity index (χ3v) is 21.2. The summed E-state index contributed by atoms with van der Waals surface area (Å²) in [6, 6.07) is 22.1. The third kappa shape index (κ3) is 24.5. The zero-order valence-electron chi connectivity index (χ0n) is 63.8. The number of halogens is 3. The van der Waals surface area contributed by atoms with Crippen molar-refractivity contribution in [2.24, 2.45) is 21.5 Å². The molecule has 15 atom stereocenters. The van der Waals surface area contributed by atoms with E-state index < -0.39 is 113 Å². The summed E-state index contributed by atoms with van der Waals surface area (Å²) >= 11 is 0. The van der Waals surface area contributed by atoms with E-state index in [0.29, 0.717) is 29.5 Å². The van der Waals surface area contributed by atoms with Crippen LogP contribution in [0.5, 0.6) is 23.1 Å². The number of hydrogen-bond donors (Lipinski definition) is 5.